The zero-order chi connectivity index (χ0) is 11.2. The fourth-order valence-electron chi connectivity index (χ4n) is 1.82. The van der Waals surface area contributed by atoms with E-state index in [0.29, 0.717) is 11.5 Å². The smallest absolute Gasteiger partial charge is 0.209 e. The van der Waals surface area contributed by atoms with E-state index in [1.54, 1.807) is 0 Å². The molecule has 0 atom stereocenters. The molecule has 1 heterocycles. The topological polar surface area (TPSA) is 26.3 Å². The maximum absolute atomic E-state index is 11.9. The lowest BCUT2D eigenvalue weighted by molar-refractivity contribution is 0.0684. The molecule has 15 heavy (non-hydrogen) atoms. The third-order valence-electron chi connectivity index (χ3n) is 2.83. The summed E-state index contributed by atoms with van der Waals surface area (Å²) < 4.78 is 5.65. The quantitative estimate of drug-likeness (QED) is 0.702. The van der Waals surface area contributed by atoms with E-state index in [-0.39, 0.29) is 5.78 Å². The molecule has 1 aliphatic rings. The fraction of sp³-hybridized carbons (Fsp3) is 0.462. The number of hydrogen-bond donors (Lipinski definition) is 0. The SMILES string of the molecule is CC(C)c1ccc2c(c1)OC(C)(C)C2=O. The molecule has 0 saturated heterocycles. The number of ether oxygens (including phenoxy) is 1. The molecule has 0 aromatic heterocycles. The molecule has 2 nitrogen and oxygen atoms in total. The number of fused-ring (bicyclic) bond motifs is 1. The van der Waals surface area contributed by atoms with Crippen molar-refractivity contribution < 1.29 is 9.53 Å². The largest absolute Gasteiger partial charge is 0.479 e. The van der Waals surface area contributed by atoms with Gasteiger partial charge in [-0.15, -0.1) is 0 Å². The number of benzene rings is 1. The van der Waals surface area contributed by atoms with Gasteiger partial charge in [0.05, 0.1) is 5.56 Å². The number of rotatable bonds is 1. The lowest BCUT2D eigenvalue weighted by Gasteiger charge is -2.15. The molecule has 1 aliphatic heterocycles. The van der Waals surface area contributed by atoms with Crippen molar-refractivity contribution in [1.29, 1.82) is 0 Å². The van der Waals surface area contributed by atoms with Crippen LogP contribution in [0.4, 0.5) is 0 Å². The molecule has 2 rings (SSSR count). The van der Waals surface area contributed by atoms with Crippen molar-refractivity contribution in [3.8, 4) is 5.75 Å². The summed E-state index contributed by atoms with van der Waals surface area (Å²) in [6.45, 7) is 7.88. The van der Waals surface area contributed by atoms with Crippen molar-refractivity contribution >= 4 is 5.78 Å². The number of Topliss-reactive ketones (excluding diaryl/α,β-unsaturated/α-hetero) is 1. The molecule has 0 unspecified atom stereocenters. The van der Waals surface area contributed by atoms with Gasteiger partial charge in [-0.2, -0.15) is 0 Å². The minimum absolute atomic E-state index is 0.0767. The summed E-state index contributed by atoms with van der Waals surface area (Å²) in [7, 11) is 0. The highest BCUT2D eigenvalue weighted by molar-refractivity contribution is 6.07. The lowest BCUT2D eigenvalue weighted by Crippen LogP contribution is -2.31. The summed E-state index contributed by atoms with van der Waals surface area (Å²) >= 11 is 0. The summed E-state index contributed by atoms with van der Waals surface area (Å²) in [5, 5.41) is 0. The molecule has 0 bridgehead atoms. The highest BCUT2D eigenvalue weighted by Crippen LogP contribution is 2.36. The summed E-state index contributed by atoms with van der Waals surface area (Å²) in [6, 6.07) is 5.86. The molecule has 0 radical (unpaired) electrons. The summed E-state index contributed by atoms with van der Waals surface area (Å²) in [5.74, 6) is 1.27. The molecule has 80 valence electrons. The Morgan fingerprint density at radius 1 is 1.27 bits per heavy atom. The summed E-state index contributed by atoms with van der Waals surface area (Å²) in [5.41, 5.74) is 1.22. The van der Waals surface area contributed by atoms with Crippen LogP contribution >= 0.6 is 0 Å². The van der Waals surface area contributed by atoms with Crippen LogP contribution in [0.2, 0.25) is 0 Å². The van der Waals surface area contributed by atoms with Crippen molar-refractivity contribution in [2.45, 2.75) is 39.2 Å². The first-order valence-electron chi connectivity index (χ1n) is 5.29. The normalized spacial score (nSPS) is 17.8. The molecule has 0 amide bonds. The summed E-state index contributed by atoms with van der Waals surface area (Å²) in [6.07, 6.45) is 0. The van der Waals surface area contributed by atoms with Gasteiger partial charge in [0.15, 0.2) is 5.60 Å². The maximum Gasteiger partial charge on any atom is 0.209 e. The third-order valence-corrected chi connectivity index (χ3v) is 2.83. The second-order valence-corrected chi connectivity index (χ2v) is 4.85. The van der Waals surface area contributed by atoms with Crippen molar-refractivity contribution in [2.24, 2.45) is 0 Å². The monoisotopic (exact) mass is 204 g/mol. The van der Waals surface area contributed by atoms with Gasteiger partial charge < -0.3 is 4.74 Å². The Morgan fingerprint density at radius 3 is 2.53 bits per heavy atom. The molecular weight excluding hydrogens is 188 g/mol. The number of carbonyl (C=O) groups excluding carboxylic acids is 1. The van der Waals surface area contributed by atoms with Crippen LogP contribution in [0.5, 0.6) is 5.75 Å². The first kappa shape index (κ1) is 10.2. The first-order chi connectivity index (χ1) is 6.92. The van der Waals surface area contributed by atoms with E-state index in [1.807, 2.05) is 32.0 Å². The lowest BCUT2D eigenvalue weighted by atomic mass is 9.97. The highest BCUT2D eigenvalue weighted by atomic mass is 16.5. The van der Waals surface area contributed by atoms with Gasteiger partial charge in [-0.1, -0.05) is 19.9 Å². The van der Waals surface area contributed by atoms with Gasteiger partial charge in [0, 0.05) is 0 Å². The third kappa shape index (κ3) is 1.54. The predicted octanol–water partition coefficient (Wildman–Crippen LogP) is 3.16. The van der Waals surface area contributed by atoms with E-state index in [2.05, 4.69) is 13.8 Å². The van der Waals surface area contributed by atoms with E-state index < -0.39 is 5.60 Å². The minimum Gasteiger partial charge on any atom is -0.479 e. The van der Waals surface area contributed by atoms with Gasteiger partial charge in [0.1, 0.15) is 5.75 Å². The van der Waals surface area contributed by atoms with Gasteiger partial charge >= 0.3 is 0 Å². The number of carbonyl (C=O) groups is 1. The number of ketones is 1. The van der Waals surface area contributed by atoms with Crippen LogP contribution in [-0.2, 0) is 0 Å². The Bertz CT molecular complexity index is 417. The van der Waals surface area contributed by atoms with E-state index in [1.165, 1.54) is 5.56 Å². The Labute approximate surface area is 90.3 Å². The van der Waals surface area contributed by atoms with E-state index in [9.17, 15) is 4.79 Å². The average molecular weight is 204 g/mol. The van der Waals surface area contributed by atoms with Gasteiger partial charge in [-0.25, -0.2) is 0 Å². The predicted molar refractivity (Wildman–Crippen MR) is 59.6 cm³/mol. The highest BCUT2D eigenvalue weighted by Gasteiger charge is 2.39. The fourth-order valence-corrected chi connectivity index (χ4v) is 1.82. The van der Waals surface area contributed by atoms with Crippen LogP contribution in [0.1, 0.15) is 49.5 Å². The van der Waals surface area contributed by atoms with E-state index >= 15 is 0 Å². The van der Waals surface area contributed by atoms with Crippen molar-refractivity contribution in [3.63, 3.8) is 0 Å². The number of hydrogen-bond acceptors (Lipinski definition) is 2. The van der Waals surface area contributed by atoms with Crippen LogP contribution in [0.25, 0.3) is 0 Å². The van der Waals surface area contributed by atoms with Crippen LogP contribution < -0.4 is 4.74 Å². The van der Waals surface area contributed by atoms with Crippen molar-refractivity contribution in [3.05, 3.63) is 29.3 Å². The molecule has 1 aromatic carbocycles. The second-order valence-electron chi connectivity index (χ2n) is 4.85. The Balaban J connectivity index is 2.47. The van der Waals surface area contributed by atoms with Crippen LogP contribution in [0, 0.1) is 0 Å². The average Bonchev–Trinajstić information content (AvgIpc) is 2.37. The van der Waals surface area contributed by atoms with Gasteiger partial charge in [-0.05, 0) is 37.5 Å². The second kappa shape index (κ2) is 3.09. The minimum atomic E-state index is -0.696. The van der Waals surface area contributed by atoms with Crippen LogP contribution in [0.3, 0.4) is 0 Å². The zero-order valence-electron chi connectivity index (χ0n) is 9.63. The summed E-state index contributed by atoms with van der Waals surface area (Å²) in [4.78, 5) is 11.9. The zero-order valence-corrected chi connectivity index (χ0v) is 9.63. The molecule has 1 aromatic rings. The Morgan fingerprint density at radius 2 is 1.93 bits per heavy atom. The molecule has 0 saturated carbocycles. The Kier molecular flexibility index (Phi) is 2.10. The van der Waals surface area contributed by atoms with E-state index in [0.717, 1.165) is 5.75 Å². The molecule has 0 fully saturated rings. The molecule has 0 aliphatic carbocycles. The molecule has 0 spiro atoms. The maximum atomic E-state index is 11.9. The van der Waals surface area contributed by atoms with Gasteiger partial charge in [0.25, 0.3) is 0 Å². The molecule has 0 N–H and O–H groups in total. The van der Waals surface area contributed by atoms with Crippen LogP contribution in [0.15, 0.2) is 18.2 Å². The molecule has 2 heteroatoms. The van der Waals surface area contributed by atoms with Crippen molar-refractivity contribution in [1.82, 2.24) is 0 Å². The van der Waals surface area contributed by atoms with Crippen LogP contribution in [-0.4, -0.2) is 11.4 Å². The van der Waals surface area contributed by atoms with Crippen molar-refractivity contribution in [2.75, 3.05) is 0 Å². The molecular formula is C13H16O2. The standard InChI is InChI=1S/C13H16O2/c1-8(2)9-5-6-10-11(7-9)15-13(3,4)12(10)14/h5-8H,1-4H3. The first-order valence-corrected chi connectivity index (χ1v) is 5.29. The van der Waals surface area contributed by atoms with Gasteiger partial charge in [0.2, 0.25) is 5.78 Å². The Hall–Kier alpha value is -1.31. The van der Waals surface area contributed by atoms with E-state index in [4.69, 9.17) is 4.74 Å². The van der Waals surface area contributed by atoms with Gasteiger partial charge in [-0.3, -0.25) is 4.79 Å².